The highest BCUT2D eigenvalue weighted by molar-refractivity contribution is 6.31. The van der Waals surface area contributed by atoms with Crippen LogP contribution in [0.15, 0.2) is 35.5 Å². The minimum atomic E-state index is -0.675. The Labute approximate surface area is 256 Å². The zero-order chi connectivity index (χ0) is 30.1. The summed E-state index contributed by atoms with van der Waals surface area (Å²) < 4.78 is 24.2. The lowest BCUT2D eigenvalue weighted by molar-refractivity contribution is 0.108. The minimum Gasteiger partial charge on any atom is -0.476 e. The van der Waals surface area contributed by atoms with Gasteiger partial charge in [-0.2, -0.15) is 0 Å². The van der Waals surface area contributed by atoms with Crippen LogP contribution in [0.4, 0.5) is 4.39 Å². The molecule has 0 radical (unpaired) electrons. The van der Waals surface area contributed by atoms with Crippen molar-refractivity contribution in [3.8, 4) is 22.8 Å². The first-order valence-electron chi connectivity index (χ1n) is 15.4. The Morgan fingerprint density at radius 3 is 2.84 bits per heavy atom. The number of rotatable bonds is 5. The van der Waals surface area contributed by atoms with Crippen molar-refractivity contribution in [3.05, 3.63) is 51.9 Å². The van der Waals surface area contributed by atoms with Gasteiger partial charge in [-0.3, -0.25) is 14.8 Å². The molecule has 3 saturated heterocycles. The van der Waals surface area contributed by atoms with E-state index in [0.717, 1.165) is 51.7 Å². The van der Waals surface area contributed by atoms with Gasteiger partial charge in [-0.25, -0.2) is 19.1 Å². The molecule has 1 aromatic carbocycles. The number of fused-ring (bicyclic) bond motifs is 4. The number of hydrogen-bond donors (Lipinski definition) is 3. The summed E-state index contributed by atoms with van der Waals surface area (Å²) >= 11 is 6.20. The standard InChI is InChI=1S/C30H41ClFN9O2/c1-4-43-26-16-41(38-37-26)25-9-8-20(31)29(32)28(25)22-13-27(42)40(17-35-22)24-7-5-6-18(2)14-34-23-15-36-39(3)30(23)19-10-11-33-21(24)12-19/h8-9,13,16-19,21,23-24,30,33-34,36H,4-7,10-12,14-15H2,1-3H3/t18-,19?,21?,23?,24+,30?/m1/s1. The van der Waals surface area contributed by atoms with Crippen LogP contribution in [0, 0.1) is 17.7 Å². The van der Waals surface area contributed by atoms with Crippen molar-refractivity contribution in [2.24, 2.45) is 11.8 Å². The first-order chi connectivity index (χ1) is 20.8. The summed E-state index contributed by atoms with van der Waals surface area (Å²) in [6, 6.07) is 5.34. The van der Waals surface area contributed by atoms with E-state index < -0.39 is 5.82 Å². The Morgan fingerprint density at radius 1 is 1.16 bits per heavy atom. The summed E-state index contributed by atoms with van der Waals surface area (Å²) in [5, 5.41) is 17.9. The van der Waals surface area contributed by atoms with Crippen LogP contribution < -0.4 is 26.4 Å². The van der Waals surface area contributed by atoms with Gasteiger partial charge in [0.05, 0.1) is 47.1 Å². The highest BCUT2D eigenvalue weighted by atomic mass is 35.5. The molecule has 3 aromatic rings. The predicted molar refractivity (Wildman–Crippen MR) is 163 cm³/mol. The second-order valence-corrected chi connectivity index (χ2v) is 12.5. The van der Waals surface area contributed by atoms with Crippen LogP contribution in [0.3, 0.4) is 0 Å². The Kier molecular flexibility index (Phi) is 9.11. The average Bonchev–Trinajstić information content (AvgIpc) is 3.62. The van der Waals surface area contributed by atoms with Gasteiger partial charge in [0.1, 0.15) is 0 Å². The summed E-state index contributed by atoms with van der Waals surface area (Å²) in [5.74, 6) is 0.646. The predicted octanol–water partition coefficient (Wildman–Crippen LogP) is 3.19. The van der Waals surface area contributed by atoms with E-state index in [2.05, 4.69) is 50.3 Å². The molecule has 11 nitrogen and oxygen atoms in total. The maximum absolute atomic E-state index is 15.6. The lowest BCUT2D eigenvalue weighted by Gasteiger charge is -2.42. The zero-order valence-corrected chi connectivity index (χ0v) is 25.7. The molecule has 13 heteroatoms. The van der Waals surface area contributed by atoms with Gasteiger partial charge in [0.25, 0.3) is 11.4 Å². The molecule has 6 rings (SSSR count). The fraction of sp³-hybridized carbons (Fsp3) is 0.600. The molecule has 3 N–H and O–H groups in total. The van der Waals surface area contributed by atoms with Crippen LogP contribution in [0.5, 0.6) is 5.88 Å². The lowest BCUT2D eigenvalue weighted by atomic mass is 9.80. The molecule has 0 spiro atoms. The van der Waals surface area contributed by atoms with E-state index in [1.807, 2.05) is 6.92 Å². The SMILES string of the molecule is CCOc1cn(-c2ccc(Cl)c(F)c2-c2cc(=O)n([C@H]3CCC[C@@H](C)CNC4CNN(C)C4C4CCNC3C4)cn2)nn1. The largest absolute Gasteiger partial charge is 0.476 e. The third-order valence-corrected chi connectivity index (χ3v) is 9.60. The zero-order valence-electron chi connectivity index (χ0n) is 25.0. The van der Waals surface area contributed by atoms with Gasteiger partial charge in [0.2, 0.25) is 0 Å². The van der Waals surface area contributed by atoms with E-state index in [0.29, 0.717) is 42.1 Å². The second-order valence-electron chi connectivity index (χ2n) is 12.1. The summed E-state index contributed by atoms with van der Waals surface area (Å²) in [5.41, 5.74) is 3.95. The normalized spacial score (nSPS) is 28.6. The van der Waals surface area contributed by atoms with Gasteiger partial charge in [-0.05, 0) is 69.7 Å². The number of hydrazine groups is 1. The Balaban J connectivity index is 1.34. The van der Waals surface area contributed by atoms with E-state index >= 15 is 4.39 Å². The highest BCUT2D eigenvalue weighted by Crippen LogP contribution is 2.35. The molecule has 0 amide bonds. The summed E-state index contributed by atoms with van der Waals surface area (Å²) in [4.78, 5) is 18.5. The van der Waals surface area contributed by atoms with Gasteiger partial charge in [-0.1, -0.05) is 35.3 Å². The number of hydrogen-bond acceptors (Lipinski definition) is 9. The molecule has 2 aromatic heterocycles. The van der Waals surface area contributed by atoms with Crippen molar-refractivity contribution in [2.75, 3.05) is 33.3 Å². The van der Waals surface area contributed by atoms with E-state index in [1.54, 1.807) is 23.2 Å². The molecule has 6 atom stereocenters. The lowest BCUT2D eigenvalue weighted by Crippen LogP contribution is -2.54. The molecule has 3 fully saturated rings. The molecule has 43 heavy (non-hydrogen) atoms. The molecule has 3 aliphatic heterocycles. The van der Waals surface area contributed by atoms with Crippen LogP contribution in [0.25, 0.3) is 16.9 Å². The average molecular weight is 614 g/mol. The van der Waals surface area contributed by atoms with E-state index in [1.165, 1.54) is 16.8 Å². The van der Waals surface area contributed by atoms with Crippen molar-refractivity contribution < 1.29 is 9.13 Å². The smallest absolute Gasteiger partial charge is 0.254 e. The first-order valence-corrected chi connectivity index (χ1v) is 15.8. The van der Waals surface area contributed by atoms with Crippen LogP contribution >= 0.6 is 11.6 Å². The molecule has 5 heterocycles. The second kappa shape index (κ2) is 13.0. The number of nitrogens with zero attached hydrogens (tertiary/aromatic N) is 6. The third-order valence-electron chi connectivity index (χ3n) is 9.30. The quantitative estimate of drug-likeness (QED) is 0.399. The number of likely N-dealkylation sites (N-methyl/N-ethyl adjacent to an activating group) is 1. The molecular weight excluding hydrogens is 573 g/mol. The van der Waals surface area contributed by atoms with E-state index in [9.17, 15) is 4.79 Å². The molecule has 0 aliphatic carbocycles. The first kappa shape index (κ1) is 30.1. The number of piperidine rings is 1. The van der Waals surface area contributed by atoms with Gasteiger partial charge < -0.3 is 15.4 Å². The molecule has 4 unspecified atom stereocenters. The molecular formula is C30H41ClFN9O2. The summed E-state index contributed by atoms with van der Waals surface area (Å²) in [6.07, 6.45) is 8.11. The van der Waals surface area contributed by atoms with Gasteiger partial charge in [0.15, 0.2) is 5.82 Å². The van der Waals surface area contributed by atoms with Crippen molar-refractivity contribution in [2.45, 2.75) is 70.1 Å². The summed E-state index contributed by atoms with van der Waals surface area (Å²) in [6.45, 7) is 7.37. The molecule has 0 saturated carbocycles. The van der Waals surface area contributed by atoms with Crippen LogP contribution in [-0.4, -0.2) is 81.0 Å². The monoisotopic (exact) mass is 613 g/mol. The van der Waals surface area contributed by atoms with Crippen molar-refractivity contribution in [3.63, 3.8) is 0 Å². The van der Waals surface area contributed by atoms with E-state index in [-0.39, 0.29) is 33.9 Å². The number of aromatic nitrogens is 5. The third kappa shape index (κ3) is 6.21. The van der Waals surface area contributed by atoms with E-state index in [4.69, 9.17) is 16.3 Å². The topological polar surface area (TPSA) is 114 Å². The van der Waals surface area contributed by atoms with Gasteiger partial charge in [-0.15, -0.1) is 0 Å². The molecule has 232 valence electrons. The summed E-state index contributed by atoms with van der Waals surface area (Å²) in [7, 11) is 2.14. The minimum absolute atomic E-state index is 0.0673. The van der Waals surface area contributed by atoms with Crippen LogP contribution in [0.1, 0.15) is 52.0 Å². The van der Waals surface area contributed by atoms with Gasteiger partial charge >= 0.3 is 0 Å². The fourth-order valence-electron chi connectivity index (χ4n) is 7.18. The Morgan fingerprint density at radius 2 is 2.02 bits per heavy atom. The van der Waals surface area contributed by atoms with Crippen molar-refractivity contribution in [1.29, 1.82) is 0 Å². The maximum Gasteiger partial charge on any atom is 0.254 e. The Hall–Kier alpha value is -2.90. The fourth-order valence-corrected chi connectivity index (χ4v) is 7.33. The van der Waals surface area contributed by atoms with Gasteiger partial charge in [0, 0.05) is 37.8 Å². The number of nitrogens with one attached hydrogen (secondary N) is 3. The number of ether oxygens (including phenoxy) is 1. The Bertz CT molecular complexity index is 1480. The number of halogens is 2. The maximum atomic E-state index is 15.6. The van der Waals surface area contributed by atoms with Crippen molar-refractivity contribution >= 4 is 11.6 Å². The molecule has 3 aliphatic rings. The number of benzene rings is 1. The highest BCUT2D eigenvalue weighted by Gasteiger charge is 2.41. The van der Waals surface area contributed by atoms with Crippen molar-refractivity contribution in [1.82, 2.24) is 45.6 Å². The molecule has 2 bridgehead atoms. The van der Waals surface area contributed by atoms with Crippen LogP contribution in [0.2, 0.25) is 5.02 Å². The van der Waals surface area contributed by atoms with Crippen LogP contribution in [-0.2, 0) is 0 Å².